The predicted octanol–water partition coefficient (Wildman–Crippen LogP) is 0.576. The molecule has 0 aromatic carbocycles. The minimum absolute atomic E-state index is 0.292. The summed E-state index contributed by atoms with van der Waals surface area (Å²) in [4.78, 5) is 11.9. The van der Waals surface area contributed by atoms with E-state index in [4.69, 9.17) is 5.26 Å². The van der Waals surface area contributed by atoms with Gasteiger partial charge in [-0.2, -0.15) is 15.5 Å². The molecule has 0 spiro atoms. The molecule has 0 aliphatic heterocycles. The minimum Gasteiger partial charge on any atom is -0.306 e. The number of hydrogen-bond donors (Lipinski definition) is 2. The Hall–Kier alpha value is -2.62. The summed E-state index contributed by atoms with van der Waals surface area (Å²) >= 11 is 0. The molecule has 0 fully saturated rings. The van der Waals surface area contributed by atoms with E-state index in [1.54, 1.807) is 24.9 Å². The van der Waals surface area contributed by atoms with E-state index >= 15 is 0 Å². The van der Waals surface area contributed by atoms with Crippen LogP contribution in [0, 0.1) is 18.3 Å². The molecule has 0 saturated heterocycles. The van der Waals surface area contributed by atoms with Crippen LogP contribution in [0.4, 0.5) is 5.82 Å². The van der Waals surface area contributed by atoms with Crippen LogP contribution in [-0.4, -0.2) is 25.9 Å². The maximum absolute atomic E-state index is 11.9. The van der Waals surface area contributed by atoms with Crippen molar-refractivity contribution in [2.24, 2.45) is 7.05 Å². The predicted molar refractivity (Wildman–Crippen MR) is 59.2 cm³/mol. The molecule has 17 heavy (non-hydrogen) atoms. The number of nitrogens with zero attached hydrogens (tertiary/aromatic N) is 4. The summed E-state index contributed by atoms with van der Waals surface area (Å²) < 4.78 is 1.56. The van der Waals surface area contributed by atoms with E-state index < -0.39 is 0 Å². The zero-order valence-electron chi connectivity index (χ0n) is 9.35. The second kappa shape index (κ2) is 4.09. The van der Waals surface area contributed by atoms with Gasteiger partial charge in [0.15, 0.2) is 0 Å². The van der Waals surface area contributed by atoms with Gasteiger partial charge < -0.3 is 5.32 Å². The molecule has 2 N–H and O–H groups in total. The van der Waals surface area contributed by atoms with Gasteiger partial charge in [-0.1, -0.05) is 0 Å². The maximum Gasteiger partial charge on any atom is 0.260 e. The molecule has 0 aliphatic rings. The quantitative estimate of drug-likeness (QED) is 0.787. The standard InChI is InChI=1S/C10H10N6O/c1-6-8(5-16(2)15-6)10(17)13-9-7(3-11)4-12-14-9/h4-5H,1-2H3,(H2,12,13,14,17). The Morgan fingerprint density at radius 3 is 3.00 bits per heavy atom. The van der Waals surface area contributed by atoms with E-state index in [0.29, 0.717) is 22.6 Å². The molecule has 0 saturated carbocycles. The average molecular weight is 230 g/mol. The monoisotopic (exact) mass is 230 g/mol. The number of hydrogen-bond acceptors (Lipinski definition) is 4. The Balaban J connectivity index is 2.24. The van der Waals surface area contributed by atoms with Crippen molar-refractivity contribution >= 4 is 11.7 Å². The zero-order valence-corrected chi connectivity index (χ0v) is 9.35. The van der Waals surface area contributed by atoms with Crippen molar-refractivity contribution in [1.82, 2.24) is 20.0 Å². The SMILES string of the molecule is Cc1nn(C)cc1C(=O)Nc1[nH]ncc1C#N. The van der Waals surface area contributed by atoms with Crippen molar-refractivity contribution in [2.75, 3.05) is 5.32 Å². The topological polar surface area (TPSA) is 99.4 Å². The lowest BCUT2D eigenvalue weighted by molar-refractivity contribution is 0.102. The molecule has 2 aromatic rings. The first kappa shape index (κ1) is 10.9. The molecule has 2 aromatic heterocycles. The van der Waals surface area contributed by atoms with Gasteiger partial charge in [-0.25, -0.2) is 0 Å². The molecule has 86 valence electrons. The molecule has 1 amide bonds. The van der Waals surface area contributed by atoms with Crippen molar-refractivity contribution in [3.05, 3.63) is 29.2 Å². The summed E-state index contributed by atoms with van der Waals surface area (Å²) in [5.41, 5.74) is 1.38. The molecule has 0 bridgehead atoms. The van der Waals surface area contributed by atoms with Gasteiger partial charge in [0, 0.05) is 13.2 Å². The van der Waals surface area contributed by atoms with Gasteiger partial charge in [0.05, 0.1) is 17.5 Å². The van der Waals surface area contributed by atoms with Crippen molar-refractivity contribution in [3.8, 4) is 6.07 Å². The first-order valence-corrected chi connectivity index (χ1v) is 4.87. The summed E-state index contributed by atoms with van der Waals surface area (Å²) in [7, 11) is 1.74. The second-order valence-corrected chi connectivity index (χ2v) is 3.53. The number of aromatic amines is 1. The summed E-state index contributed by atoms with van der Waals surface area (Å²) in [5, 5.41) is 21.7. The highest BCUT2D eigenvalue weighted by Gasteiger charge is 2.15. The molecule has 2 heterocycles. The summed E-state index contributed by atoms with van der Waals surface area (Å²) in [6.45, 7) is 1.74. The Kier molecular flexibility index (Phi) is 2.62. The van der Waals surface area contributed by atoms with Crippen molar-refractivity contribution in [1.29, 1.82) is 5.26 Å². The summed E-state index contributed by atoms with van der Waals surface area (Å²) in [6, 6.07) is 1.92. The van der Waals surface area contributed by atoms with E-state index in [-0.39, 0.29) is 5.91 Å². The summed E-state index contributed by atoms with van der Waals surface area (Å²) in [6.07, 6.45) is 2.97. The number of H-pyrrole nitrogens is 1. The fourth-order valence-electron chi connectivity index (χ4n) is 1.47. The molecule has 0 atom stereocenters. The number of aryl methyl sites for hydroxylation is 2. The zero-order chi connectivity index (χ0) is 12.4. The van der Waals surface area contributed by atoms with Crippen LogP contribution in [-0.2, 0) is 7.05 Å². The number of anilines is 1. The largest absolute Gasteiger partial charge is 0.306 e. The van der Waals surface area contributed by atoms with Gasteiger partial charge in [0.1, 0.15) is 17.5 Å². The molecule has 2 rings (SSSR count). The third kappa shape index (κ3) is 2.01. The van der Waals surface area contributed by atoms with Crippen molar-refractivity contribution in [2.45, 2.75) is 6.92 Å². The number of carbonyl (C=O) groups excluding carboxylic acids is 1. The lowest BCUT2D eigenvalue weighted by Crippen LogP contribution is -2.13. The minimum atomic E-state index is -0.323. The number of carbonyl (C=O) groups is 1. The molecule has 7 heteroatoms. The normalized spacial score (nSPS) is 9.94. The fraction of sp³-hybridized carbons (Fsp3) is 0.200. The van der Waals surface area contributed by atoms with Crippen LogP contribution in [0.25, 0.3) is 0 Å². The molecule has 0 aliphatic carbocycles. The van der Waals surface area contributed by atoms with Crippen LogP contribution >= 0.6 is 0 Å². The Labute approximate surface area is 97.1 Å². The third-order valence-electron chi connectivity index (χ3n) is 2.26. The van der Waals surface area contributed by atoms with Gasteiger partial charge >= 0.3 is 0 Å². The molecule has 0 radical (unpaired) electrons. The van der Waals surface area contributed by atoms with E-state index in [1.807, 2.05) is 6.07 Å². The highest BCUT2D eigenvalue weighted by Crippen LogP contribution is 2.12. The van der Waals surface area contributed by atoms with Crippen LogP contribution in [0.15, 0.2) is 12.4 Å². The number of amides is 1. The average Bonchev–Trinajstić information content (AvgIpc) is 2.84. The van der Waals surface area contributed by atoms with Gasteiger partial charge in [0.25, 0.3) is 5.91 Å². The van der Waals surface area contributed by atoms with Crippen molar-refractivity contribution < 1.29 is 4.79 Å². The molecular formula is C10H10N6O. The summed E-state index contributed by atoms with van der Waals surface area (Å²) in [5.74, 6) is -0.0305. The highest BCUT2D eigenvalue weighted by molar-refractivity contribution is 6.04. The van der Waals surface area contributed by atoms with E-state index in [9.17, 15) is 4.79 Å². The molecular weight excluding hydrogens is 220 g/mol. The molecule has 7 nitrogen and oxygen atoms in total. The van der Waals surface area contributed by atoms with Crippen LogP contribution in [0.3, 0.4) is 0 Å². The molecule has 0 unspecified atom stereocenters. The van der Waals surface area contributed by atoms with E-state index in [2.05, 4.69) is 20.6 Å². The van der Waals surface area contributed by atoms with Crippen LogP contribution in [0.1, 0.15) is 21.6 Å². The Bertz CT molecular complexity index is 603. The highest BCUT2D eigenvalue weighted by atomic mass is 16.1. The number of aromatic nitrogens is 4. The first-order valence-electron chi connectivity index (χ1n) is 4.87. The Morgan fingerprint density at radius 2 is 2.41 bits per heavy atom. The fourth-order valence-corrected chi connectivity index (χ4v) is 1.47. The van der Waals surface area contributed by atoms with Gasteiger partial charge in [-0.15, -0.1) is 0 Å². The van der Waals surface area contributed by atoms with E-state index in [0.717, 1.165) is 0 Å². The van der Waals surface area contributed by atoms with Gasteiger partial charge in [-0.3, -0.25) is 14.6 Å². The van der Waals surface area contributed by atoms with Gasteiger partial charge in [-0.05, 0) is 6.92 Å². The van der Waals surface area contributed by atoms with Crippen molar-refractivity contribution in [3.63, 3.8) is 0 Å². The van der Waals surface area contributed by atoms with E-state index in [1.165, 1.54) is 6.20 Å². The number of nitrogens with one attached hydrogen (secondary N) is 2. The van der Waals surface area contributed by atoms with Crippen LogP contribution < -0.4 is 5.32 Å². The number of rotatable bonds is 2. The van der Waals surface area contributed by atoms with Crippen LogP contribution in [0.2, 0.25) is 0 Å². The Morgan fingerprint density at radius 1 is 1.65 bits per heavy atom. The third-order valence-corrected chi connectivity index (χ3v) is 2.26. The first-order chi connectivity index (χ1) is 8.11. The second-order valence-electron chi connectivity index (χ2n) is 3.53. The smallest absolute Gasteiger partial charge is 0.260 e. The van der Waals surface area contributed by atoms with Gasteiger partial charge in [0.2, 0.25) is 0 Å². The maximum atomic E-state index is 11.9. The number of nitriles is 1. The lowest BCUT2D eigenvalue weighted by atomic mass is 10.2. The lowest BCUT2D eigenvalue weighted by Gasteiger charge is -2.00. The van der Waals surface area contributed by atoms with Crippen LogP contribution in [0.5, 0.6) is 0 Å².